The zero-order valence-corrected chi connectivity index (χ0v) is 16.9. The summed E-state index contributed by atoms with van der Waals surface area (Å²) in [5.41, 5.74) is 2.71. The highest BCUT2D eigenvalue weighted by molar-refractivity contribution is 7.09. The van der Waals surface area contributed by atoms with E-state index in [4.69, 9.17) is 4.74 Å². The molecule has 0 fully saturated rings. The maximum Gasteiger partial charge on any atom is 0.226 e. The van der Waals surface area contributed by atoms with Crippen molar-refractivity contribution in [3.8, 4) is 5.75 Å². The molecule has 1 amide bonds. The number of amides is 1. The number of carboxylic acids is 1. The highest BCUT2D eigenvalue weighted by atomic mass is 32.1. The lowest BCUT2D eigenvalue weighted by molar-refractivity contribution is -0.304. The fourth-order valence-electron chi connectivity index (χ4n) is 2.57. The van der Waals surface area contributed by atoms with Gasteiger partial charge in [-0.3, -0.25) is 4.79 Å². The van der Waals surface area contributed by atoms with Gasteiger partial charge in [-0.05, 0) is 24.0 Å². The Kier molecular flexibility index (Phi) is 6.96. The summed E-state index contributed by atoms with van der Waals surface area (Å²) in [7, 11) is 0. The van der Waals surface area contributed by atoms with Crippen LogP contribution in [-0.2, 0) is 27.8 Å². The van der Waals surface area contributed by atoms with Crippen molar-refractivity contribution in [1.29, 1.82) is 0 Å². The van der Waals surface area contributed by atoms with Crippen LogP contribution in [0, 0.1) is 6.92 Å². The van der Waals surface area contributed by atoms with Crippen LogP contribution in [0.3, 0.4) is 0 Å². The van der Waals surface area contributed by atoms with Crippen molar-refractivity contribution in [2.75, 3.05) is 13.2 Å². The normalized spacial score (nSPS) is 11.3. The SMILES string of the molecule is Cc1ccc(OCCNC(=O)Cc2nc(CC(=O)[O-])cs2)c(C(C)(C)C)c1. The van der Waals surface area contributed by atoms with Gasteiger partial charge in [0, 0.05) is 17.8 Å². The Morgan fingerprint density at radius 2 is 2.00 bits per heavy atom. The van der Waals surface area contributed by atoms with Crippen molar-refractivity contribution in [3.63, 3.8) is 0 Å². The average molecular weight is 389 g/mol. The van der Waals surface area contributed by atoms with Gasteiger partial charge < -0.3 is 20.0 Å². The number of aryl methyl sites for hydroxylation is 1. The first-order valence-electron chi connectivity index (χ1n) is 8.79. The number of ether oxygens (including phenoxy) is 1. The van der Waals surface area contributed by atoms with Crippen molar-refractivity contribution in [1.82, 2.24) is 10.3 Å². The number of carbonyl (C=O) groups excluding carboxylic acids is 2. The van der Waals surface area contributed by atoms with Gasteiger partial charge in [-0.25, -0.2) is 4.98 Å². The largest absolute Gasteiger partial charge is 0.550 e. The summed E-state index contributed by atoms with van der Waals surface area (Å²) >= 11 is 1.27. The quantitative estimate of drug-likeness (QED) is 0.695. The topological polar surface area (TPSA) is 91.3 Å². The summed E-state index contributed by atoms with van der Waals surface area (Å²) in [4.78, 5) is 26.7. The van der Waals surface area contributed by atoms with Gasteiger partial charge in [0.25, 0.3) is 0 Å². The number of aromatic nitrogens is 1. The van der Waals surface area contributed by atoms with E-state index in [1.54, 1.807) is 5.38 Å². The van der Waals surface area contributed by atoms with E-state index in [1.807, 2.05) is 12.1 Å². The first-order valence-corrected chi connectivity index (χ1v) is 9.67. The minimum absolute atomic E-state index is 0.0291. The minimum atomic E-state index is -1.18. The molecule has 0 spiro atoms. The van der Waals surface area contributed by atoms with Gasteiger partial charge >= 0.3 is 0 Å². The molecule has 1 heterocycles. The fraction of sp³-hybridized carbons (Fsp3) is 0.450. The van der Waals surface area contributed by atoms with E-state index in [2.05, 4.69) is 44.1 Å². The molecule has 0 bridgehead atoms. The maximum absolute atomic E-state index is 12.0. The van der Waals surface area contributed by atoms with E-state index in [-0.39, 0.29) is 24.2 Å². The monoisotopic (exact) mass is 389 g/mol. The van der Waals surface area contributed by atoms with Crippen LogP contribution < -0.4 is 15.2 Å². The van der Waals surface area contributed by atoms with Crippen LogP contribution in [-0.4, -0.2) is 30.0 Å². The number of nitrogens with zero attached hydrogens (tertiary/aromatic N) is 1. The van der Waals surface area contributed by atoms with E-state index < -0.39 is 5.97 Å². The Morgan fingerprint density at radius 3 is 2.67 bits per heavy atom. The second-order valence-corrected chi connectivity index (χ2v) is 8.35. The minimum Gasteiger partial charge on any atom is -0.550 e. The molecule has 6 nitrogen and oxygen atoms in total. The third-order valence-corrected chi connectivity index (χ3v) is 4.76. The van der Waals surface area contributed by atoms with E-state index in [0.29, 0.717) is 23.9 Å². The van der Waals surface area contributed by atoms with E-state index >= 15 is 0 Å². The molecule has 0 aliphatic carbocycles. The molecule has 2 aromatic rings. The summed E-state index contributed by atoms with van der Waals surface area (Å²) in [6.45, 7) is 9.22. The number of nitrogens with one attached hydrogen (secondary N) is 1. The molecule has 1 aromatic carbocycles. The highest BCUT2D eigenvalue weighted by Gasteiger charge is 2.19. The number of hydrogen-bond donors (Lipinski definition) is 1. The second-order valence-electron chi connectivity index (χ2n) is 7.41. The number of thiazole rings is 1. The Hall–Kier alpha value is -2.41. The summed E-state index contributed by atoms with van der Waals surface area (Å²) < 4.78 is 5.87. The van der Waals surface area contributed by atoms with Crippen molar-refractivity contribution < 1.29 is 19.4 Å². The zero-order valence-electron chi connectivity index (χ0n) is 16.1. The Morgan fingerprint density at radius 1 is 1.26 bits per heavy atom. The first kappa shape index (κ1) is 20.9. The lowest BCUT2D eigenvalue weighted by Crippen LogP contribution is -2.29. The lowest BCUT2D eigenvalue weighted by Gasteiger charge is -2.23. The molecule has 0 atom stereocenters. The molecule has 1 aromatic heterocycles. The third-order valence-electron chi connectivity index (χ3n) is 3.86. The van der Waals surface area contributed by atoms with Gasteiger partial charge in [0.2, 0.25) is 5.91 Å². The molecule has 1 N–H and O–H groups in total. The summed E-state index contributed by atoms with van der Waals surface area (Å²) in [6.07, 6.45) is -0.117. The van der Waals surface area contributed by atoms with E-state index in [0.717, 1.165) is 11.3 Å². The number of aliphatic carboxylic acids is 1. The average Bonchev–Trinajstić information content (AvgIpc) is 2.97. The number of rotatable bonds is 8. The van der Waals surface area contributed by atoms with E-state index in [9.17, 15) is 14.7 Å². The fourth-order valence-corrected chi connectivity index (χ4v) is 3.36. The van der Waals surface area contributed by atoms with Crippen LogP contribution >= 0.6 is 11.3 Å². The Bertz CT molecular complexity index is 809. The van der Waals surface area contributed by atoms with Crippen LogP contribution in [0.5, 0.6) is 5.75 Å². The molecule has 0 unspecified atom stereocenters. The van der Waals surface area contributed by atoms with Crippen molar-refractivity contribution in [2.45, 2.75) is 46.0 Å². The Balaban J connectivity index is 1.81. The zero-order chi connectivity index (χ0) is 20.0. The molecule has 2 rings (SSSR count). The molecule has 7 heteroatoms. The maximum atomic E-state index is 12.0. The van der Waals surface area contributed by atoms with Gasteiger partial charge in [-0.2, -0.15) is 0 Å². The van der Waals surface area contributed by atoms with Crippen molar-refractivity contribution in [2.24, 2.45) is 0 Å². The lowest BCUT2D eigenvalue weighted by atomic mass is 9.85. The van der Waals surface area contributed by atoms with Gasteiger partial charge in [-0.15, -0.1) is 11.3 Å². The van der Waals surface area contributed by atoms with Crippen molar-refractivity contribution >= 4 is 23.2 Å². The second kappa shape index (κ2) is 8.99. The summed E-state index contributed by atoms with van der Waals surface area (Å²) in [5, 5.41) is 15.6. The number of hydrogen-bond acceptors (Lipinski definition) is 6. The predicted molar refractivity (Wildman–Crippen MR) is 103 cm³/mol. The van der Waals surface area contributed by atoms with Crippen LogP contribution in [0.25, 0.3) is 0 Å². The molecular weight excluding hydrogens is 364 g/mol. The molecule has 146 valence electrons. The van der Waals surface area contributed by atoms with Gasteiger partial charge in [0.1, 0.15) is 17.4 Å². The summed E-state index contributed by atoms with van der Waals surface area (Å²) in [6, 6.07) is 6.10. The molecule has 0 aliphatic rings. The molecule has 0 aliphatic heterocycles. The molecular formula is C20H25N2O4S-. The third kappa shape index (κ3) is 6.67. The molecule has 0 radical (unpaired) electrons. The predicted octanol–water partition coefficient (Wildman–Crippen LogP) is 1.78. The standard InChI is InChI=1S/C20H26N2O4S/c1-13-5-6-16(15(9-13)20(2,3)4)26-8-7-21-17(23)11-18-22-14(12-27-18)10-19(24)25/h5-6,9,12H,7-8,10-11H2,1-4H3,(H,21,23)(H,24,25)/p-1. The van der Waals surface area contributed by atoms with Crippen LogP contribution in [0.4, 0.5) is 0 Å². The van der Waals surface area contributed by atoms with Gasteiger partial charge in [-0.1, -0.05) is 38.5 Å². The van der Waals surface area contributed by atoms with Crippen molar-refractivity contribution in [3.05, 3.63) is 45.4 Å². The first-order chi connectivity index (χ1) is 12.6. The summed E-state index contributed by atoms with van der Waals surface area (Å²) in [5.74, 6) is -0.527. The Labute approximate surface area is 163 Å². The van der Waals surface area contributed by atoms with E-state index in [1.165, 1.54) is 16.9 Å². The number of carboxylic acid groups (broad SMARTS) is 1. The number of carbonyl (C=O) groups is 2. The highest BCUT2D eigenvalue weighted by Crippen LogP contribution is 2.32. The smallest absolute Gasteiger partial charge is 0.226 e. The van der Waals surface area contributed by atoms with Crippen LogP contribution in [0.15, 0.2) is 23.6 Å². The molecule has 0 saturated carbocycles. The van der Waals surface area contributed by atoms with Gasteiger partial charge in [0.05, 0.1) is 18.7 Å². The van der Waals surface area contributed by atoms with Crippen LogP contribution in [0.2, 0.25) is 0 Å². The van der Waals surface area contributed by atoms with Crippen LogP contribution in [0.1, 0.15) is 42.6 Å². The molecule has 0 saturated heterocycles. The molecule has 27 heavy (non-hydrogen) atoms. The number of benzene rings is 1. The van der Waals surface area contributed by atoms with Gasteiger partial charge in [0.15, 0.2) is 0 Å².